The molecule has 0 saturated carbocycles. The van der Waals surface area contributed by atoms with Crippen molar-refractivity contribution < 1.29 is 24.2 Å². The Hall–Kier alpha value is -4.33. The standard InChI is InChI=1S/C34H43N3O5/c1-7-19-37(32(40)29(36-33(41)42-34(4,5)6)21-25-15-17-27(38)18-16-25)30(28-20-23(2)13-14-24(28)3)31(39)35-22-26-11-9-8-10-12-26/h8-18,20,29-30,38H,7,19,21-22H2,1-6H3,(H,35,39)(H,36,41). The van der Waals surface area contributed by atoms with Gasteiger partial charge in [0.1, 0.15) is 23.4 Å². The first kappa shape index (κ1) is 32.2. The fraction of sp³-hybridized carbons (Fsp3) is 0.382. The molecule has 8 nitrogen and oxygen atoms in total. The molecule has 3 N–H and O–H groups in total. The van der Waals surface area contributed by atoms with Gasteiger partial charge in [0.05, 0.1) is 0 Å². The summed E-state index contributed by atoms with van der Waals surface area (Å²) in [5.74, 6) is -0.619. The summed E-state index contributed by atoms with van der Waals surface area (Å²) in [4.78, 5) is 42.9. The lowest BCUT2D eigenvalue weighted by Gasteiger charge is -2.35. The number of carbonyl (C=O) groups excluding carboxylic acids is 3. The van der Waals surface area contributed by atoms with Crippen molar-refractivity contribution >= 4 is 17.9 Å². The molecule has 8 heteroatoms. The van der Waals surface area contributed by atoms with Crippen molar-refractivity contribution in [3.63, 3.8) is 0 Å². The maximum atomic E-state index is 14.4. The molecule has 3 rings (SSSR count). The van der Waals surface area contributed by atoms with Crippen LogP contribution in [0.3, 0.4) is 0 Å². The molecule has 0 spiro atoms. The summed E-state index contributed by atoms with van der Waals surface area (Å²) in [7, 11) is 0. The average Bonchev–Trinajstić information content (AvgIpc) is 2.93. The van der Waals surface area contributed by atoms with Crippen LogP contribution in [-0.2, 0) is 27.3 Å². The van der Waals surface area contributed by atoms with E-state index in [0.29, 0.717) is 13.0 Å². The van der Waals surface area contributed by atoms with Crippen LogP contribution >= 0.6 is 0 Å². The minimum absolute atomic E-state index is 0.0967. The number of aryl methyl sites for hydroxylation is 2. The molecule has 0 heterocycles. The Bertz CT molecular complexity index is 1350. The highest BCUT2D eigenvalue weighted by molar-refractivity contribution is 5.92. The SMILES string of the molecule is CCCN(C(=O)C(Cc1ccc(O)cc1)NC(=O)OC(C)(C)C)C(C(=O)NCc1ccccc1)c1cc(C)ccc1C. The lowest BCUT2D eigenvalue weighted by molar-refractivity contribution is -0.142. The minimum Gasteiger partial charge on any atom is -0.508 e. The molecule has 3 aromatic rings. The van der Waals surface area contributed by atoms with E-state index in [1.54, 1.807) is 37.8 Å². The number of phenols is 1. The second kappa shape index (κ2) is 14.5. The van der Waals surface area contributed by atoms with Gasteiger partial charge < -0.3 is 25.4 Å². The number of rotatable bonds is 11. The van der Waals surface area contributed by atoms with Crippen LogP contribution in [0.5, 0.6) is 5.75 Å². The van der Waals surface area contributed by atoms with Crippen molar-refractivity contribution in [3.05, 3.63) is 101 Å². The van der Waals surface area contributed by atoms with Crippen molar-refractivity contribution in [1.29, 1.82) is 0 Å². The number of amides is 3. The van der Waals surface area contributed by atoms with Crippen molar-refractivity contribution in [3.8, 4) is 5.75 Å². The highest BCUT2D eigenvalue weighted by atomic mass is 16.6. The maximum absolute atomic E-state index is 14.4. The fourth-order valence-corrected chi connectivity index (χ4v) is 4.71. The zero-order valence-electron chi connectivity index (χ0n) is 25.4. The van der Waals surface area contributed by atoms with E-state index in [1.165, 1.54) is 12.1 Å². The van der Waals surface area contributed by atoms with Crippen LogP contribution in [0.15, 0.2) is 72.8 Å². The molecule has 0 aromatic heterocycles. The molecule has 0 fully saturated rings. The molecule has 0 aliphatic carbocycles. The number of alkyl carbamates (subject to hydrolysis) is 1. The van der Waals surface area contributed by atoms with Gasteiger partial charge in [-0.15, -0.1) is 0 Å². The van der Waals surface area contributed by atoms with E-state index < -0.39 is 29.7 Å². The zero-order chi connectivity index (χ0) is 30.9. The monoisotopic (exact) mass is 573 g/mol. The highest BCUT2D eigenvalue weighted by Gasteiger charge is 2.36. The second-order valence-corrected chi connectivity index (χ2v) is 11.6. The quantitative estimate of drug-likeness (QED) is 0.271. The molecule has 224 valence electrons. The van der Waals surface area contributed by atoms with Crippen molar-refractivity contribution in [1.82, 2.24) is 15.5 Å². The van der Waals surface area contributed by atoms with E-state index in [0.717, 1.165) is 27.8 Å². The Morgan fingerprint density at radius 2 is 1.60 bits per heavy atom. The summed E-state index contributed by atoms with van der Waals surface area (Å²) in [5, 5.41) is 15.6. The highest BCUT2D eigenvalue weighted by Crippen LogP contribution is 2.28. The largest absolute Gasteiger partial charge is 0.508 e. The van der Waals surface area contributed by atoms with Crippen LogP contribution in [-0.4, -0.2) is 46.1 Å². The minimum atomic E-state index is -1.02. The van der Waals surface area contributed by atoms with E-state index in [9.17, 15) is 19.5 Å². The van der Waals surface area contributed by atoms with E-state index >= 15 is 0 Å². The summed E-state index contributed by atoms with van der Waals surface area (Å²) in [6.45, 7) is 11.7. The van der Waals surface area contributed by atoms with Gasteiger partial charge in [-0.05, 0) is 75.4 Å². The van der Waals surface area contributed by atoms with E-state index in [-0.39, 0.29) is 24.6 Å². The molecular formula is C34H43N3O5. The zero-order valence-corrected chi connectivity index (χ0v) is 25.4. The van der Waals surface area contributed by atoms with Crippen molar-refractivity contribution in [2.45, 2.75) is 78.6 Å². The summed E-state index contributed by atoms with van der Waals surface area (Å²) in [6, 6.07) is 20.0. The number of benzene rings is 3. The van der Waals surface area contributed by atoms with Crippen LogP contribution in [0.4, 0.5) is 4.79 Å². The summed E-state index contributed by atoms with van der Waals surface area (Å²) in [5.41, 5.74) is 3.48. The van der Waals surface area contributed by atoms with Gasteiger partial charge in [0.2, 0.25) is 11.8 Å². The van der Waals surface area contributed by atoms with Crippen LogP contribution < -0.4 is 10.6 Å². The summed E-state index contributed by atoms with van der Waals surface area (Å²) < 4.78 is 5.49. The van der Waals surface area contributed by atoms with Gasteiger partial charge in [-0.2, -0.15) is 0 Å². The third-order valence-corrected chi connectivity index (χ3v) is 6.71. The van der Waals surface area contributed by atoms with Crippen molar-refractivity contribution in [2.24, 2.45) is 0 Å². The predicted octanol–water partition coefficient (Wildman–Crippen LogP) is 5.74. The summed E-state index contributed by atoms with van der Waals surface area (Å²) in [6.07, 6.45) is 0.00846. The fourth-order valence-electron chi connectivity index (χ4n) is 4.71. The number of nitrogens with one attached hydrogen (secondary N) is 2. The van der Waals surface area contributed by atoms with Gasteiger partial charge in [0.25, 0.3) is 0 Å². The number of hydrogen-bond acceptors (Lipinski definition) is 5. The number of hydrogen-bond donors (Lipinski definition) is 3. The van der Waals surface area contributed by atoms with Gasteiger partial charge in [-0.25, -0.2) is 4.79 Å². The second-order valence-electron chi connectivity index (χ2n) is 11.6. The Labute approximate surface area is 249 Å². The van der Waals surface area contributed by atoms with E-state index in [1.807, 2.05) is 69.3 Å². The lowest BCUT2D eigenvalue weighted by Crippen LogP contribution is -2.54. The van der Waals surface area contributed by atoms with Crippen molar-refractivity contribution in [2.75, 3.05) is 6.54 Å². The number of aromatic hydroxyl groups is 1. The molecule has 0 aliphatic rings. The Morgan fingerprint density at radius 3 is 2.21 bits per heavy atom. The topological polar surface area (TPSA) is 108 Å². The van der Waals surface area contributed by atoms with Crippen LogP contribution in [0.2, 0.25) is 0 Å². The molecule has 0 radical (unpaired) electrons. The molecule has 0 bridgehead atoms. The number of ether oxygens (including phenoxy) is 1. The number of phenolic OH excluding ortho intramolecular Hbond substituents is 1. The van der Waals surface area contributed by atoms with Gasteiger partial charge in [0.15, 0.2) is 0 Å². The molecule has 2 unspecified atom stereocenters. The van der Waals surface area contributed by atoms with E-state index in [2.05, 4.69) is 10.6 Å². The third kappa shape index (κ3) is 9.36. The normalized spacial score (nSPS) is 12.6. The Morgan fingerprint density at radius 1 is 0.929 bits per heavy atom. The first-order valence-corrected chi connectivity index (χ1v) is 14.3. The lowest BCUT2D eigenvalue weighted by atomic mass is 9.95. The summed E-state index contributed by atoms with van der Waals surface area (Å²) >= 11 is 0. The maximum Gasteiger partial charge on any atom is 0.408 e. The molecule has 3 aromatic carbocycles. The molecule has 0 saturated heterocycles. The number of nitrogens with zero attached hydrogens (tertiary/aromatic N) is 1. The molecule has 2 atom stereocenters. The van der Waals surface area contributed by atoms with Gasteiger partial charge in [-0.1, -0.05) is 73.2 Å². The van der Waals surface area contributed by atoms with Crippen LogP contribution in [0.25, 0.3) is 0 Å². The number of carbonyl (C=O) groups is 3. The van der Waals surface area contributed by atoms with Gasteiger partial charge >= 0.3 is 6.09 Å². The molecule has 0 aliphatic heterocycles. The third-order valence-electron chi connectivity index (χ3n) is 6.71. The molecule has 3 amide bonds. The average molecular weight is 574 g/mol. The smallest absolute Gasteiger partial charge is 0.408 e. The predicted molar refractivity (Wildman–Crippen MR) is 164 cm³/mol. The Balaban J connectivity index is 2.03. The Kier molecular flexibility index (Phi) is 11.1. The molecule has 42 heavy (non-hydrogen) atoms. The van der Waals surface area contributed by atoms with Crippen LogP contribution in [0.1, 0.15) is 68.0 Å². The molecular weight excluding hydrogens is 530 g/mol. The van der Waals surface area contributed by atoms with Crippen LogP contribution in [0, 0.1) is 13.8 Å². The first-order chi connectivity index (χ1) is 19.9. The van der Waals surface area contributed by atoms with Gasteiger partial charge in [-0.3, -0.25) is 9.59 Å². The first-order valence-electron chi connectivity index (χ1n) is 14.3. The van der Waals surface area contributed by atoms with E-state index in [4.69, 9.17) is 4.74 Å². The van der Waals surface area contributed by atoms with Gasteiger partial charge in [0, 0.05) is 19.5 Å².